The molecule has 1 aliphatic heterocycles. The minimum absolute atomic E-state index is 0.0262. The van der Waals surface area contributed by atoms with Crippen molar-refractivity contribution in [3.05, 3.63) is 54.0 Å². The number of alkyl halides is 1. The van der Waals surface area contributed by atoms with Gasteiger partial charge in [0.2, 0.25) is 11.8 Å². The fourth-order valence-corrected chi connectivity index (χ4v) is 4.19. The molecule has 0 saturated carbocycles. The van der Waals surface area contributed by atoms with Crippen LogP contribution in [0.4, 0.5) is 4.39 Å². The highest BCUT2D eigenvalue weighted by atomic mass is 19.1. The Hall–Kier alpha value is -3.33. The van der Waals surface area contributed by atoms with Crippen molar-refractivity contribution in [3.63, 3.8) is 0 Å². The molecule has 0 radical (unpaired) electrons. The van der Waals surface area contributed by atoms with Crippen LogP contribution in [-0.2, 0) is 9.59 Å². The number of benzene rings is 1. The fourth-order valence-electron chi connectivity index (χ4n) is 4.19. The molecule has 0 aliphatic carbocycles. The van der Waals surface area contributed by atoms with E-state index in [1.54, 1.807) is 18.6 Å². The van der Waals surface area contributed by atoms with Gasteiger partial charge in [0, 0.05) is 32.4 Å². The summed E-state index contributed by atoms with van der Waals surface area (Å²) in [7, 11) is 3.26. The van der Waals surface area contributed by atoms with Crippen molar-refractivity contribution in [2.24, 2.45) is 5.73 Å². The lowest BCUT2D eigenvalue weighted by Gasteiger charge is -2.28. The van der Waals surface area contributed by atoms with Gasteiger partial charge < -0.3 is 15.5 Å². The van der Waals surface area contributed by atoms with E-state index >= 15 is 0 Å². The standard InChI is InChI=1S/C23H27FN6O2/c1-14-10-17(11-30-21(14)26-13-27-30)15-4-6-16(7-5-15)19(22(31)28(2)3)20(25)23(32)29-9-8-18(24)12-29/h4-7,10-11,13,18-20H,8-9,12,25H2,1-3H3/t18-,19-,20-/m0/s1. The minimum Gasteiger partial charge on any atom is -0.348 e. The number of nitrogens with two attached hydrogens (primary N) is 1. The van der Waals surface area contributed by atoms with Gasteiger partial charge in [0.05, 0.1) is 12.5 Å². The molecule has 32 heavy (non-hydrogen) atoms. The van der Waals surface area contributed by atoms with E-state index in [1.807, 2.05) is 43.5 Å². The molecule has 1 aromatic carbocycles. The summed E-state index contributed by atoms with van der Waals surface area (Å²) in [5, 5.41) is 4.21. The maximum Gasteiger partial charge on any atom is 0.240 e. The van der Waals surface area contributed by atoms with Crippen molar-refractivity contribution < 1.29 is 14.0 Å². The number of aryl methyl sites for hydroxylation is 1. The second kappa shape index (κ2) is 8.66. The normalized spacial score (nSPS) is 18.0. The van der Waals surface area contributed by atoms with Crippen LogP contribution in [0.25, 0.3) is 16.8 Å². The smallest absolute Gasteiger partial charge is 0.240 e. The molecule has 9 heteroatoms. The van der Waals surface area contributed by atoms with Crippen LogP contribution in [0.15, 0.2) is 42.9 Å². The number of halogens is 1. The van der Waals surface area contributed by atoms with E-state index in [2.05, 4.69) is 10.1 Å². The summed E-state index contributed by atoms with van der Waals surface area (Å²) in [6.07, 6.45) is 2.66. The predicted molar refractivity (Wildman–Crippen MR) is 119 cm³/mol. The SMILES string of the molecule is Cc1cc(-c2ccc([C@H](C(=O)N(C)C)[C@H](N)C(=O)N3CC[C@H](F)C3)cc2)cn2ncnc12. The highest BCUT2D eigenvalue weighted by Crippen LogP contribution is 2.28. The topological polar surface area (TPSA) is 96.8 Å². The number of rotatable bonds is 5. The number of likely N-dealkylation sites (tertiary alicyclic amines) is 1. The third-order valence-corrected chi connectivity index (χ3v) is 5.96. The van der Waals surface area contributed by atoms with Crippen molar-refractivity contribution in [1.29, 1.82) is 0 Å². The highest BCUT2D eigenvalue weighted by Gasteiger charge is 2.37. The second-order valence-electron chi connectivity index (χ2n) is 8.47. The van der Waals surface area contributed by atoms with Gasteiger partial charge in [-0.2, -0.15) is 5.10 Å². The van der Waals surface area contributed by atoms with Gasteiger partial charge in [-0.05, 0) is 36.1 Å². The number of carbonyl (C=O) groups is 2. The highest BCUT2D eigenvalue weighted by molar-refractivity contribution is 5.93. The van der Waals surface area contributed by atoms with Gasteiger partial charge in [-0.3, -0.25) is 9.59 Å². The van der Waals surface area contributed by atoms with Crippen LogP contribution in [0.1, 0.15) is 23.5 Å². The first-order valence-electron chi connectivity index (χ1n) is 10.6. The van der Waals surface area contributed by atoms with Gasteiger partial charge in [0.15, 0.2) is 5.65 Å². The van der Waals surface area contributed by atoms with Crippen molar-refractivity contribution >= 4 is 17.5 Å². The second-order valence-corrected chi connectivity index (χ2v) is 8.47. The fraction of sp³-hybridized carbons (Fsp3) is 0.391. The summed E-state index contributed by atoms with van der Waals surface area (Å²) in [5.41, 5.74) is 10.6. The summed E-state index contributed by atoms with van der Waals surface area (Å²) >= 11 is 0. The first-order valence-corrected chi connectivity index (χ1v) is 10.6. The predicted octanol–water partition coefficient (Wildman–Crippen LogP) is 1.77. The van der Waals surface area contributed by atoms with Gasteiger partial charge in [-0.1, -0.05) is 24.3 Å². The van der Waals surface area contributed by atoms with E-state index < -0.39 is 24.0 Å². The van der Waals surface area contributed by atoms with Crippen LogP contribution in [0.3, 0.4) is 0 Å². The number of pyridine rings is 1. The zero-order valence-corrected chi connectivity index (χ0v) is 18.4. The number of hydrogen-bond donors (Lipinski definition) is 1. The number of aromatic nitrogens is 3. The van der Waals surface area contributed by atoms with Crippen molar-refractivity contribution in [3.8, 4) is 11.1 Å². The number of carbonyl (C=O) groups excluding carboxylic acids is 2. The Balaban J connectivity index is 1.64. The zero-order chi connectivity index (χ0) is 23.0. The lowest BCUT2D eigenvalue weighted by molar-refractivity contribution is -0.138. The molecule has 0 bridgehead atoms. The van der Waals surface area contributed by atoms with Crippen molar-refractivity contribution in [1.82, 2.24) is 24.4 Å². The van der Waals surface area contributed by atoms with Gasteiger partial charge in [0.1, 0.15) is 18.5 Å². The molecule has 168 valence electrons. The Kier molecular flexibility index (Phi) is 5.92. The van der Waals surface area contributed by atoms with Crippen LogP contribution in [0.5, 0.6) is 0 Å². The number of fused-ring (bicyclic) bond motifs is 1. The van der Waals surface area contributed by atoms with Crippen LogP contribution < -0.4 is 5.73 Å². The number of hydrogen-bond acceptors (Lipinski definition) is 5. The number of likely N-dealkylation sites (N-methyl/N-ethyl adjacent to an activating group) is 1. The average Bonchev–Trinajstić information content (AvgIpc) is 3.42. The lowest BCUT2D eigenvalue weighted by atomic mass is 9.88. The molecule has 3 aromatic rings. The van der Waals surface area contributed by atoms with Crippen LogP contribution >= 0.6 is 0 Å². The summed E-state index contributed by atoms with van der Waals surface area (Å²) in [5.74, 6) is -1.53. The molecule has 8 nitrogen and oxygen atoms in total. The maximum absolute atomic E-state index is 13.6. The van der Waals surface area contributed by atoms with Crippen molar-refractivity contribution in [2.75, 3.05) is 27.2 Å². The van der Waals surface area contributed by atoms with Gasteiger partial charge in [-0.15, -0.1) is 0 Å². The molecular formula is C23H27FN6O2. The Morgan fingerprint density at radius 1 is 1.22 bits per heavy atom. The first-order chi connectivity index (χ1) is 15.3. The summed E-state index contributed by atoms with van der Waals surface area (Å²) < 4.78 is 15.3. The molecule has 1 aliphatic rings. The quantitative estimate of drug-likeness (QED) is 0.655. The molecule has 3 heterocycles. The zero-order valence-electron chi connectivity index (χ0n) is 18.4. The van der Waals surface area contributed by atoms with Crippen LogP contribution in [-0.4, -0.2) is 75.6 Å². The largest absolute Gasteiger partial charge is 0.348 e. The Morgan fingerprint density at radius 3 is 2.56 bits per heavy atom. The van der Waals surface area contributed by atoms with Gasteiger partial charge >= 0.3 is 0 Å². The van der Waals surface area contributed by atoms with E-state index in [0.29, 0.717) is 18.5 Å². The van der Waals surface area contributed by atoms with E-state index in [9.17, 15) is 14.0 Å². The molecule has 4 rings (SSSR count). The minimum atomic E-state index is -1.09. The molecule has 3 atom stereocenters. The molecular weight excluding hydrogens is 411 g/mol. The molecule has 2 N–H and O–H groups in total. The lowest BCUT2D eigenvalue weighted by Crippen LogP contribution is -2.50. The van der Waals surface area contributed by atoms with Crippen LogP contribution in [0, 0.1) is 6.92 Å². The van der Waals surface area contributed by atoms with Gasteiger partial charge in [-0.25, -0.2) is 13.9 Å². The first kappa shape index (κ1) is 21.9. The van der Waals surface area contributed by atoms with Crippen LogP contribution in [0.2, 0.25) is 0 Å². The Labute approximate surface area is 185 Å². The number of amides is 2. The van der Waals surface area contributed by atoms with E-state index in [-0.39, 0.29) is 12.5 Å². The van der Waals surface area contributed by atoms with Crippen molar-refractivity contribution in [2.45, 2.75) is 31.5 Å². The molecule has 1 saturated heterocycles. The van der Waals surface area contributed by atoms with E-state index in [1.165, 1.54) is 16.1 Å². The molecule has 2 aromatic heterocycles. The Bertz CT molecular complexity index is 1140. The monoisotopic (exact) mass is 438 g/mol. The average molecular weight is 439 g/mol. The molecule has 2 amide bonds. The molecule has 1 fully saturated rings. The summed E-state index contributed by atoms with van der Waals surface area (Å²) in [4.78, 5) is 32.9. The summed E-state index contributed by atoms with van der Waals surface area (Å²) in [6.45, 7) is 2.32. The van der Waals surface area contributed by atoms with E-state index in [4.69, 9.17) is 5.73 Å². The van der Waals surface area contributed by atoms with Gasteiger partial charge in [0.25, 0.3) is 0 Å². The third kappa shape index (κ3) is 4.08. The maximum atomic E-state index is 13.6. The molecule has 0 spiro atoms. The third-order valence-electron chi connectivity index (χ3n) is 5.96. The van der Waals surface area contributed by atoms with E-state index in [0.717, 1.165) is 22.3 Å². The summed E-state index contributed by atoms with van der Waals surface area (Å²) in [6, 6.07) is 8.36. The number of nitrogens with zero attached hydrogens (tertiary/aromatic N) is 5. The Morgan fingerprint density at radius 2 is 1.94 bits per heavy atom. The molecule has 0 unspecified atom stereocenters.